The molecule has 1 aliphatic rings. The molecule has 0 radical (unpaired) electrons. The van der Waals surface area contributed by atoms with Crippen LogP contribution in [0.25, 0.3) is 0 Å². The zero-order chi connectivity index (χ0) is 16.5. The molecular formula is C17H27NO4. The molecule has 0 aromatic heterocycles. The third-order valence-corrected chi connectivity index (χ3v) is 3.75. The molecule has 1 aliphatic heterocycles. The summed E-state index contributed by atoms with van der Waals surface area (Å²) in [4.78, 5) is 9.00. The molecule has 0 aliphatic carbocycles. The fourth-order valence-corrected chi connectivity index (χ4v) is 2.82. The molecule has 22 heavy (non-hydrogen) atoms. The van der Waals surface area contributed by atoms with E-state index in [1.807, 2.05) is 6.07 Å². The summed E-state index contributed by atoms with van der Waals surface area (Å²) in [5, 5.41) is 30.8. The highest BCUT2D eigenvalue weighted by Crippen LogP contribution is 2.27. The molecule has 0 amide bonds. The van der Waals surface area contributed by atoms with Gasteiger partial charge >= 0.3 is 0 Å². The van der Waals surface area contributed by atoms with Crippen LogP contribution in [0.15, 0.2) is 24.3 Å². The molecule has 4 N–H and O–H groups in total. The van der Waals surface area contributed by atoms with Crippen molar-refractivity contribution in [3.63, 3.8) is 0 Å². The third-order valence-electron chi connectivity index (χ3n) is 3.75. The summed E-state index contributed by atoms with van der Waals surface area (Å²) >= 11 is 0. The van der Waals surface area contributed by atoms with E-state index in [2.05, 4.69) is 12.2 Å². The summed E-state index contributed by atoms with van der Waals surface area (Å²) in [6.45, 7) is 3.27. The maximum absolute atomic E-state index is 10.4. The van der Waals surface area contributed by atoms with Gasteiger partial charge in [-0.1, -0.05) is 31.9 Å². The topological polar surface area (TPSA) is 89.8 Å². The molecule has 1 aromatic rings. The van der Waals surface area contributed by atoms with E-state index in [0.29, 0.717) is 6.04 Å². The van der Waals surface area contributed by atoms with Crippen molar-refractivity contribution in [2.24, 2.45) is 0 Å². The van der Waals surface area contributed by atoms with Crippen molar-refractivity contribution in [1.82, 2.24) is 5.32 Å². The number of hydrogen-bond donors (Lipinski definition) is 4. The van der Waals surface area contributed by atoms with Crippen molar-refractivity contribution in [1.29, 1.82) is 0 Å². The molecule has 0 saturated carbocycles. The van der Waals surface area contributed by atoms with Gasteiger partial charge in [0.15, 0.2) is 0 Å². The maximum atomic E-state index is 10.4. The summed E-state index contributed by atoms with van der Waals surface area (Å²) in [5.41, 5.74) is 0.796. The number of carboxylic acids is 1. The molecule has 0 spiro atoms. The van der Waals surface area contributed by atoms with Gasteiger partial charge in [-0.05, 0) is 37.0 Å². The highest BCUT2D eigenvalue weighted by Gasteiger charge is 2.27. The predicted molar refractivity (Wildman–Crippen MR) is 85.8 cm³/mol. The molecule has 1 aromatic carbocycles. The number of aromatic hydroxyl groups is 1. The molecule has 124 valence electrons. The number of phenolic OH excluding ortho intramolecular Hbond substituents is 1. The number of aliphatic hydroxyl groups is 1. The van der Waals surface area contributed by atoms with Crippen molar-refractivity contribution < 1.29 is 20.1 Å². The number of nitrogens with one attached hydrogen (secondary N) is 1. The monoisotopic (exact) mass is 309 g/mol. The smallest absolute Gasteiger partial charge is 0.300 e. The van der Waals surface area contributed by atoms with Crippen LogP contribution in [0.2, 0.25) is 0 Å². The lowest BCUT2D eigenvalue weighted by Crippen LogP contribution is -2.45. The first-order valence-corrected chi connectivity index (χ1v) is 7.86. The second-order valence-electron chi connectivity index (χ2n) is 5.75. The molecule has 1 fully saturated rings. The van der Waals surface area contributed by atoms with Crippen LogP contribution in [0.1, 0.15) is 57.6 Å². The number of aliphatic hydroxyl groups excluding tert-OH is 1. The lowest BCUT2D eigenvalue weighted by Gasteiger charge is -2.34. The average molecular weight is 309 g/mol. The van der Waals surface area contributed by atoms with E-state index in [0.717, 1.165) is 25.3 Å². The molecule has 5 nitrogen and oxygen atoms in total. The van der Waals surface area contributed by atoms with Gasteiger partial charge in [0, 0.05) is 19.0 Å². The summed E-state index contributed by atoms with van der Waals surface area (Å²) in [7, 11) is 0. The Kier molecular flexibility index (Phi) is 7.91. The van der Waals surface area contributed by atoms with E-state index in [1.54, 1.807) is 18.2 Å². The summed E-state index contributed by atoms with van der Waals surface area (Å²) in [6, 6.07) is 7.56. The van der Waals surface area contributed by atoms with Crippen LogP contribution in [0, 0.1) is 0 Å². The maximum Gasteiger partial charge on any atom is 0.300 e. The summed E-state index contributed by atoms with van der Waals surface area (Å²) in [5.74, 6) is -0.618. The Morgan fingerprint density at radius 2 is 2.09 bits per heavy atom. The Balaban J connectivity index is 0.000000541. The van der Waals surface area contributed by atoms with Gasteiger partial charge in [0.25, 0.3) is 5.97 Å². The Labute approximate surface area is 132 Å². The van der Waals surface area contributed by atoms with Gasteiger partial charge in [-0.3, -0.25) is 4.79 Å². The highest BCUT2D eigenvalue weighted by atomic mass is 16.4. The quantitative estimate of drug-likeness (QED) is 0.687. The third kappa shape index (κ3) is 6.45. The van der Waals surface area contributed by atoms with Crippen LogP contribution in [0.3, 0.4) is 0 Å². The Morgan fingerprint density at radius 1 is 1.41 bits per heavy atom. The zero-order valence-corrected chi connectivity index (χ0v) is 13.3. The second-order valence-corrected chi connectivity index (χ2v) is 5.75. The van der Waals surface area contributed by atoms with Gasteiger partial charge in [-0.25, -0.2) is 0 Å². The molecule has 1 saturated heterocycles. The number of aliphatic carboxylic acids is 1. The summed E-state index contributed by atoms with van der Waals surface area (Å²) < 4.78 is 0. The van der Waals surface area contributed by atoms with E-state index in [-0.39, 0.29) is 11.8 Å². The lowest BCUT2D eigenvalue weighted by atomic mass is 9.90. The van der Waals surface area contributed by atoms with Gasteiger partial charge in [-0.2, -0.15) is 0 Å². The number of carbonyl (C=O) groups is 1. The van der Waals surface area contributed by atoms with Gasteiger partial charge in [0.05, 0.1) is 6.10 Å². The Bertz CT molecular complexity index is 458. The minimum Gasteiger partial charge on any atom is -0.508 e. The van der Waals surface area contributed by atoms with Crippen molar-refractivity contribution >= 4 is 5.97 Å². The highest BCUT2D eigenvalue weighted by molar-refractivity contribution is 5.62. The second kappa shape index (κ2) is 9.43. The molecule has 3 atom stereocenters. The van der Waals surface area contributed by atoms with Crippen LogP contribution in [-0.2, 0) is 4.79 Å². The van der Waals surface area contributed by atoms with Gasteiger partial charge in [-0.15, -0.1) is 0 Å². The molecule has 2 rings (SSSR count). The molecular weight excluding hydrogens is 282 g/mol. The van der Waals surface area contributed by atoms with Crippen molar-refractivity contribution in [3.8, 4) is 5.75 Å². The van der Waals surface area contributed by atoms with Crippen molar-refractivity contribution in [2.75, 3.05) is 0 Å². The van der Waals surface area contributed by atoms with E-state index >= 15 is 0 Å². The number of hydrogen-bond acceptors (Lipinski definition) is 4. The molecule has 5 heteroatoms. The van der Waals surface area contributed by atoms with Crippen molar-refractivity contribution in [2.45, 2.75) is 64.1 Å². The average Bonchev–Trinajstić information content (AvgIpc) is 2.46. The van der Waals surface area contributed by atoms with E-state index in [1.165, 1.54) is 19.3 Å². The number of benzene rings is 1. The van der Waals surface area contributed by atoms with Crippen LogP contribution < -0.4 is 5.32 Å². The molecule has 1 unspecified atom stereocenters. The first-order valence-electron chi connectivity index (χ1n) is 7.86. The van der Waals surface area contributed by atoms with Crippen LogP contribution in [0.5, 0.6) is 5.75 Å². The normalized spacial score (nSPS) is 22.3. The largest absolute Gasteiger partial charge is 0.508 e. The van der Waals surface area contributed by atoms with Crippen molar-refractivity contribution in [3.05, 3.63) is 29.8 Å². The van der Waals surface area contributed by atoms with Crippen LogP contribution in [0.4, 0.5) is 0 Å². The first kappa shape index (κ1) is 18.5. The number of phenols is 1. The molecule has 1 heterocycles. The standard InChI is InChI=1S/C15H23NO2.C2H4O2/c1-2-5-12-7-4-9-14(16-12)15(18)11-6-3-8-13(17)10-11;1-2(3)4/h3,6,8,10,12,14-18H,2,4-5,7,9H2,1H3;1H3,(H,3,4)/t12-,14+,15?;/m0./s1. The zero-order valence-electron chi connectivity index (χ0n) is 13.3. The Morgan fingerprint density at radius 3 is 2.68 bits per heavy atom. The van der Waals surface area contributed by atoms with Crippen LogP contribution >= 0.6 is 0 Å². The minimum atomic E-state index is -0.833. The Hall–Kier alpha value is -1.59. The summed E-state index contributed by atoms with van der Waals surface area (Å²) in [6.07, 6.45) is 5.18. The minimum absolute atomic E-state index is 0.108. The SMILES string of the molecule is CC(=O)O.CCC[C@H]1CCC[C@H](C(O)c2cccc(O)c2)N1. The van der Waals surface area contributed by atoms with E-state index in [4.69, 9.17) is 9.90 Å². The fourth-order valence-electron chi connectivity index (χ4n) is 2.82. The van der Waals surface area contributed by atoms with Gasteiger partial charge in [0.1, 0.15) is 5.75 Å². The lowest BCUT2D eigenvalue weighted by molar-refractivity contribution is -0.134. The first-order chi connectivity index (χ1) is 10.4. The number of rotatable bonds is 4. The van der Waals surface area contributed by atoms with Crippen LogP contribution in [-0.4, -0.2) is 33.4 Å². The van der Waals surface area contributed by atoms with E-state index in [9.17, 15) is 10.2 Å². The van der Waals surface area contributed by atoms with Gasteiger partial charge in [0.2, 0.25) is 0 Å². The van der Waals surface area contributed by atoms with E-state index < -0.39 is 12.1 Å². The molecule has 0 bridgehead atoms. The fraction of sp³-hybridized carbons (Fsp3) is 0.588. The number of carboxylic acid groups (broad SMARTS) is 1. The predicted octanol–water partition coefficient (Wildman–Crippen LogP) is 2.83. The van der Waals surface area contributed by atoms with Gasteiger partial charge < -0.3 is 20.6 Å². The number of piperidine rings is 1.